The summed E-state index contributed by atoms with van der Waals surface area (Å²) >= 11 is 1.55. The molecule has 0 aliphatic rings. The van der Waals surface area contributed by atoms with E-state index in [2.05, 4.69) is 6.92 Å². The summed E-state index contributed by atoms with van der Waals surface area (Å²) in [5.74, 6) is 0.247. The summed E-state index contributed by atoms with van der Waals surface area (Å²) in [5.41, 5.74) is 6.24. The smallest absolute Gasteiger partial charge is 0.262 e. The molecule has 6 heteroatoms. The van der Waals surface area contributed by atoms with Crippen LogP contribution < -0.4 is 11.3 Å². The number of carbonyl (C=O) groups excluding carboxylic acids is 1. The number of primary amides is 1. The Kier molecular flexibility index (Phi) is 4.76. The van der Waals surface area contributed by atoms with Gasteiger partial charge in [0.2, 0.25) is 5.91 Å². The van der Waals surface area contributed by atoms with Gasteiger partial charge in [0.1, 0.15) is 10.7 Å². The molecule has 3 rings (SSSR count). The summed E-state index contributed by atoms with van der Waals surface area (Å²) in [6, 6.07) is 11.8. The number of hydrogen-bond acceptors (Lipinski definition) is 4. The van der Waals surface area contributed by atoms with Crippen molar-refractivity contribution in [1.82, 2.24) is 9.55 Å². The molecule has 0 bridgehead atoms. The molecule has 0 aliphatic heterocycles. The van der Waals surface area contributed by atoms with Crippen LogP contribution in [0.5, 0.6) is 0 Å². The Labute approximate surface area is 143 Å². The molecule has 1 amide bonds. The number of carbonyl (C=O) groups is 1. The molecule has 124 valence electrons. The maximum atomic E-state index is 12.9. The summed E-state index contributed by atoms with van der Waals surface area (Å²) in [7, 11) is 0. The lowest BCUT2D eigenvalue weighted by atomic mass is 10.1. The van der Waals surface area contributed by atoms with Crippen molar-refractivity contribution in [2.24, 2.45) is 5.73 Å². The number of thiophene rings is 1. The minimum Gasteiger partial charge on any atom is -0.370 e. The molecule has 0 unspecified atom stereocenters. The standard InChI is InChI=1S/C18H19N3O2S/c1-2-13-11-14-17(24-13)20-16(10-12-6-4-3-5-7-12)21(18(14)23)9-8-15(19)22/h3-7,11H,2,8-10H2,1H3,(H2,19,22). The average molecular weight is 341 g/mol. The maximum Gasteiger partial charge on any atom is 0.262 e. The zero-order chi connectivity index (χ0) is 17.1. The molecule has 3 aromatic rings. The molecular weight excluding hydrogens is 322 g/mol. The summed E-state index contributed by atoms with van der Waals surface area (Å²) in [6.45, 7) is 2.32. The number of rotatable bonds is 6. The van der Waals surface area contributed by atoms with Crippen LogP contribution in [0.1, 0.15) is 29.6 Å². The van der Waals surface area contributed by atoms with Gasteiger partial charge in [-0.2, -0.15) is 0 Å². The topological polar surface area (TPSA) is 78.0 Å². The van der Waals surface area contributed by atoms with Crippen LogP contribution >= 0.6 is 11.3 Å². The van der Waals surface area contributed by atoms with Crippen LogP contribution in [0.15, 0.2) is 41.2 Å². The summed E-state index contributed by atoms with van der Waals surface area (Å²) in [6.07, 6.45) is 1.54. The first-order valence-corrected chi connectivity index (χ1v) is 8.74. The molecule has 0 spiro atoms. The van der Waals surface area contributed by atoms with E-state index < -0.39 is 5.91 Å². The van der Waals surface area contributed by atoms with Crippen LogP contribution in [0.2, 0.25) is 0 Å². The zero-order valence-electron chi connectivity index (χ0n) is 13.5. The van der Waals surface area contributed by atoms with Crippen LogP contribution in [-0.2, 0) is 24.2 Å². The molecule has 2 heterocycles. The van der Waals surface area contributed by atoms with Gasteiger partial charge in [-0.3, -0.25) is 14.2 Å². The van der Waals surface area contributed by atoms with Crippen molar-refractivity contribution in [3.63, 3.8) is 0 Å². The van der Waals surface area contributed by atoms with E-state index in [0.717, 1.165) is 21.7 Å². The van der Waals surface area contributed by atoms with Gasteiger partial charge in [-0.1, -0.05) is 37.3 Å². The largest absolute Gasteiger partial charge is 0.370 e. The van der Waals surface area contributed by atoms with Gasteiger partial charge in [0.25, 0.3) is 5.56 Å². The Morgan fingerprint density at radius 1 is 1.29 bits per heavy atom. The second-order valence-electron chi connectivity index (χ2n) is 5.65. The normalized spacial score (nSPS) is 11.0. The highest BCUT2D eigenvalue weighted by Gasteiger charge is 2.14. The van der Waals surface area contributed by atoms with Gasteiger partial charge >= 0.3 is 0 Å². The van der Waals surface area contributed by atoms with Crippen molar-refractivity contribution in [2.75, 3.05) is 0 Å². The third kappa shape index (κ3) is 3.38. The molecule has 0 fully saturated rings. The van der Waals surface area contributed by atoms with Crippen molar-refractivity contribution in [2.45, 2.75) is 32.7 Å². The summed E-state index contributed by atoms with van der Waals surface area (Å²) < 4.78 is 1.59. The number of amides is 1. The van der Waals surface area contributed by atoms with Gasteiger partial charge in [-0.05, 0) is 18.1 Å². The van der Waals surface area contributed by atoms with E-state index in [1.54, 1.807) is 15.9 Å². The minimum atomic E-state index is -0.424. The highest BCUT2D eigenvalue weighted by atomic mass is 32.1. The molecule has 0 atom stereocenters. The Morgan fingerprint density at radius 2 is 2.04 bits per heavy atom. The second kappa shape index (κ2) is 6.97. The lowest BCUT2D eigenvalue weighted by Crippen LogP contribution is -2.27. The van der Waals surface area contributed by atoms with Gasteiger partial charge in [-0.15, -0.1) is 11.3 Å². The molecular formula is C18H19N3O2S. The van der Waals surface area contributed by atoms with Crippen molar-refractivity contribution >= 4 is 27.5 Å². The Balaban J connectivity index is 2.11. The number of aromatic nitrogens is 2. The molecule has 24 heavy (non-hydrogen) atoms. The van der Waals surface area contributed by atoms with Gasteiger partial charge in [-0.25, -0.2) is 4.98 Å². The fraction of sp³-hybridized carbons (Fsp3) is 0.278. The fourth-order valence-electron chi connectivity index (χ4n) is 2.65. The van der Waals surface area contributed by atoms with E-state index in [4.69, 9.17) is 10.7 Å². The summed E-state index contributed by atoms with van der Waals surface area (Å²) in [4.78, 5) is 30.6. The lowest BCUT2D eigenvalue weighted by Gasteiger charge is -2.11. The molecule has 5 nitrogen and oxygen atoms in total. The van der Waals surface area contributed by atoms with E-state index in [0.29, 0.717) is 17.6 Å². The van der Waals surface area contributed by atoms with Crippen molar-refractivity contribution in [3.8, 4) is 0 Å². The number of benzene rings is 1. The highest BCUT2D eigenvalue weighted by Crippen LogP contribution is 2.22. The predicted molar refractivity (Wildman–Crippen MR) is 96.3 cm³/mol. The first kappa shape index (κ1) is 16.4. The average Bonchev–Trinajstić information content (AvgIpc) is 2.99. The number of hydrogen-bond donors (Lipinski definition) is 1. The van der Waals surface area contributed by atoms with Crippen LogP contribution in [0, 0.1) is 0 Å². The molecule has 2 aromatic heterocycles. The third-order valence-electron chi connectivity index (χ3n) is 3.92. The number of aryl methyl sites for hydroxylation is 1. The molecule has 1 aromatic carbocycles. The SMILES string of the molecule is CCc1cc2c(=O)n(CCC(N)=O)c(Cc3ccccc3)nc2s1. The van der Waals surface area contributed by atoms with Crippen molar-refractivity contribution < 1.29 is 4.79 Å². The van der Waals surface area contributed by atoms with Crippen molar-refractivity contribution in [3.05, 3.63) is 63.0 Å². The Bertz CT molecular complexity index is 929. The van der Waals surface area contributed by atoms with E-state index in [1.165, 1.54) is 0 Å². The summed E-state index contributed by atoms with van der Waals surface area (Å²) in [5, 5.41) is 0.623. The predicted octanol–water partition coefficient (Wildman–Crippen LogP) is 2.49. The van der Waals surface area contributed by atoms with E-state index >= 15 is 0 Å². The molecule has 2 N–H and O–H groups in total. The molecule has 0 aliphatic carbocycles. The van der Waals surface area contributed by atoms with E-state index in [-0.39, 0.29) is 18.5 Å². The number of nitrogens with two attached hydrogens (primary N) is 1. The van der Waals surface area contributed by atoms with Gasteiger partial charge in [0.15, 0.2) is 0 Å². The molecule has 0 saturated carbocycles. The van der Waals surface area contributed by atoms with Crippen molar-refractivity contribution in [1.29, 1.82) is 0 Å². The van der Waals surface area contributed by atoms with Gasteiger partial charge < -0.3 is 5.73 Å². The Hall–Kier alpha value is -2.47. The second-order valence-corrected chi connectivity index (χ2v) is 6.76. The minimum absolute atomic E-state index is 0.0943. The number of nitrogens with zero attached hydrogens (tertiary/aromatic N) is 2. The Morgan fingerprint density at radius 3 is 2.71 bits per heavy atom. The van der Waals surface area contributed by atoms with Crippen LogP contribution in [-0.4, -0.2) is 15.5 Å². The van der Waals surface area contributed by atoms with Crippen LogP contribution in [0.3, 0.4) is 0 Å². The van der Waals surface area contributed by atoms with Gasteiger partial charge in [0.05, 0.1) is 5.39 Å². The van der Waals surface area contributed by atoms with E-state index in [9.17, 15) is 9.59 Å². The van der Waals surface area contributed by atoms with Crippen LogP contribution in [0.4, 0.5) is 0 Å². The highest BCUT2D eigenvalue weighted by molar-refractivity contribution is 7.18. The lowest BCUT2D eigenvalue weighted by molar-refractivity contribution is -0.118. The van der Waals surface area contributed by atoms with Crippen LogP contribution in [0.25, 0.3) is 10.2 Å². The van der Waals surface area contributed by atoms with Gasteiger partial charge in [0, 0.05) is 24.3 Å². The molecule has 0 radical (unpaired) electrons. The quantitative estimate of drug-likeness (QED) is 0.748. The first-order valence-electron chi connectivity index (χ1n) is 7.93. The third-order valence-corrected chi connectivity index (χ3v) is 5.09. The first-order chi connectivity index (χ1) is 11.6. The zero-order valence-corrected chi connectivity index (χ0v) is 14.3. The molecule has 0 saturated heterocycles. The van der Waals surface area contributed by atoms with E-state index in [1.807, 2.05) is 36.4 Å². The number of fused-ring (bicyclic) bond motifs is 1. The maximum absolute atomic E-state index is 12.9. The fourth-order valence-corrected chi connectivity index (χ4v) is 3.62. The monoisotopic (exact) mass is 341 g/mol.